The number of fused-ring (bicyclic) bond motifs is 1. The van der Waals surface area contributed by atoms with E-state index in [9.17, 15) is 0 Å². The highest BCUT2D eigenvalue weighted by Crippen LogP contribution is 2.35. The lowest BCUT2D eigenvalue weighted by Gasteiger charge is -2.30. The number of aryl methyl sites for hydroxylation is 1. The van der Waals surface area contributed by atoms with Crippen LogP contribution in [0.4, 0.5) is 0 Å². The number of pyridine rings is 1. The van der Waals surface area contributed by atoms with Crippen molar-refractivity contribution >= 4 is 15.9 Å². The summed E-state index contributed by atoms with van der Waals surface area (Å²) in [5, 5.41) is 0. The molecule has 2 N–H and O–H groups in total. The van der Waals surface area contributed by atoms with Crippen molar-refractivity contribution in [2.24, 2.45) is 5.73 Å². The third-order valence-corrected chi connectivity index (χ3v) is 4.10. The van der Waals surface area contributed by atoms with Crippen LogP contribution >= 0.6 is 15.9 Å². The van der Waals surface area contributed by atoms with Crippen molar-refractivity contribution in [1.82, 2.24) is 4.98 Å². The van der Waals surface area contributed by atoms with Gasteiger partial charge in [0, 0.05) is 22.6 Å². The molecule has 1 aromatic heterocycles. The molecule has 0 radical (unpaired) electrons. The minimum Gasteiger partial charge on any atom is -0.327 e. The average molecular weight is 303 g/mol. The highest BCUT2D eigenvalue weighted by Gasteiger charge is 2.29. The highest BCUT2D eigenvalue weighted by atomic mass is 79.9. The molecule has 0 bridgehead atoms. The van der Waals surface area contributed by atoms with Crippen molar-refractivity contribution < 1.29 is 0 Å². The van der Waals surface area contributed by atoms with Gasteiger partial charge < -0.3 is 5.73 Å². The molecular formula is C15H15BrN2. The topological polar surface area (TPSA) is 38.9 Å². The summed E-state index contributed by atoms with van der Waals surface area (Å²) in [6, 6.07) is 12.7. The van der Waals surface area contributed by atoms with E-state index >= 15 is 0 Å². The van der Waals surface area contributed by atoms with Gasteiger partial charge in [0.25, 0.3) is 0 Å². The quantitative estimate of drug-likeness (QED) is 0.878. The second kappa shape index (κ2) is 4.82. The molecule has 2 nitrogen and oxygen atoms in total. The maximum Gasteiger partial charge on any atom is 0.0525 e. The predicted molar refractivity (Wildman–Crippen MR) is 76.5 cm³/mol. The fourth-order valence-corrected chi connectivity index (χ4v) is 3.16. The summed E-state index contributed by atoms with van der Waals surface area (Å²) in [6.07, 6.45) is 3.92. The maximum atomic E-state index is 6.32. The Morgan fingerprint density at radius 3 is 2.94 bits per heavy atom. The van der Waals surface area contributed by atoms with Crippen LogP contribution in [0, 0.1) is 0 Å². The van der Waals surface area contributed by atoms with Gasteiger partial charge in [0.2, 0.25) is 0 Å². The van der Waals surface area contributed by atoms with Gasteiger partial charge in [0.1, 0.15) is 0 Å². The zero-order valence-electron chi connectivity index (χ0n) is 10.0. The van der Waals surface area contributed by atoms with E-state index in [4.69, 9.17) is 5.73 Å². The van der Waals surface area contributed by atoms with E-state index in [1.807, 2.05) is 18.3 Å². The van der Waals surface area contributed by atoms with E-state index in [1.54, 1.807) is 0 Å². The van der Waals surface area contributed by atoms with Crippen LogP contribution in [0.1, 0.15) is 29.2 Å². The number of halogens is 1. The molecule has 0 saturated carbocycles. The van der Waals surface area contributed by atoms with Crippen LogP contribution in [0.2, 0.25) is 0 Å². The summed E-state index contributed by atoms with van der Waals surface area (Å²) in [5.41, 5.74) is 10.1. The SMILES string of the molecule is NC1CCc2cccnc2C1c1cccc(Br)c1. The zero-order valence-corrected chi connectivity index (χ0v) is 11.6. The van der Waals surface area contributed by atoms with Crippen LogP contribution in [0.25, 0.3) is 0 Å². The number of nitrogens with zero attached hydrogens (tertiary/aromatic N) is 1. The van der Waals surface area contributed by atoms with Gasteiger partial charge in [-0.1, -0.05) is 34.1 Å². The Balaban J connectivity index is 2.10. The maximum absolute atomic E-state index is 6.32. The van der Waals surface area contributed by atoms with E-state index in [0.29, 0.717) is 0 Å². The molecule has 3 rings (SSSR count). The molecule has 0 fully saturated rings. The fourth-order valence-electron chi connectivity index (χ4n) is 2.74. The summed E-state index contributed by atoms with van der Waals surface area (Å²) in [7, 11) is 0. The molecule has 1 aliphatic carbocycles. The molecule has 0 aliphatic heterocycles. The first-order valence-electron chi connectivity index (χ1n) is 6.20. The Labute approximate surface area is 115 Å². The van der Waals surface area contributed by atoms with E-state index < -0.39 is 0 Å². The first kappa shape index (κ1) is 11.9. The van der Waals surface area contributed by atoms with Gasteiger partial charge in [-0.05, 0) is 42.2 Å². The third kappa shape index (κ3) is 2.08. The molecule has 2 aromatic rings. The molecule has 92 valence electrons. The number of nitrogens with two attached hydrogens (primary N) is 1. The number of hydrogen-bond acceptors (Lipinski definition) is 2. The molecule has 2 atom stereocenters. The number of aromatic nitrogens is 1. The number of benzene rings is 1. The number of hydrogen-bond donors (Lipinski definition) is 1. The summed E-state index contributed by atoms with van der Waals surface area (Å²) in [5.74, 6) is 0.215. The minimum atomic E-state index is 0.154. The standard InChI is InChI=1S/C15H15BrN2/c16-12-5-1-3-11(9-12)14-13(17)7-6-10-4-2-8-18-15(10)14/h1-5,8-9,13-14H,6-7,17H2. The summed E-state index contributed by atoms with van der Waals surface area (Å²) in [6.45, 7) is 0. The molecule has 1 aliphatic rings. The van der Waals surface area contributed by atoms with Gasteiger partial charge in [-0.15, -0.1) is 0 Å². The lowest BCUT2D eigenvalue weighted by Crippen LogP contribution is -2.34. The van der Waals surface area contributed by atoms with Crippen LogP contribution in [-0.4, -0.2) is 11.0 Å². The highest BCUT2D eigenvalue weighted by molar-refractivity contribution is 9.10. The Hall–Kier alpha value is -1.19. The first-order chi connectivity index (χ1) is 8.75. The fraction of sp³-hybridized carbons (Fsp3) is 0.267. The van der Waals surface area contributed by atoms with Gasteiger partial charge in [-0.3, -0.25) is 4.98 Å². The van der Waals surface area contributed by atoms with Crippen LogP contribution in [0.15, 0.2) is 47.1 Å². The van der Waals surface area contributed by atoms with Crippen molar-refractivity contribution in [3.05, 3.63) is 63.9 Å². The average Bonchev–Trinajstić information content (AvgIpc) is 2.38. The Kier molecular flexibility index (Phi) is 3.18. The van der Waals surface area contributed by atoms with E-state index in [-0.39, 0.29) is 12.0 Å². The molecule has 0 amide bonds. The van der Waals surface area contributed by atoms with E-state index in [0.717, 1.165) is 23.0 Å². The lowest BCUT2D eigenvalue weighted by atomic mass is 9.79. The monoisotopic (exact) mass is 302 g/mol. The molecule has 2 unspecified atom stereocenters. The third-order valence-electron chi connectivity index (χ3n) is 3.60. The molecule has 3 heteroatoms. The molecular weight excluding hydrogens is 288 g/mol. The van der Waals surface area contributed by atoms with Crippen molar-refractivity contribution in [3.8, 4) is 0 Å². The molecule has 18 heavy (non-hydrogen) atoms. The van der Waals surface area contributed by atoms with Gasteiger partial charge in [0.05, 0.1) is 5.69 Å². The second-order valence-electron chi connectivity index (χ2n) is 4.78. The van der Waals surface area contributed by atoms with Gasteiger partial charge in [-0.25, -0.2) is 0 Å². The smallest absolute Gasteiger partial charge is 0.0525 e. The van der Waals surface area contributed by atoms with Crippen molar-refractivity contribution in [2.75, 3.05) is 0 Å². The predicted octanol–water partition coefficient (Wildman–Crippen LogP) is 3.25. The summed E-state index contributed by atoms with van der Waals surface area (Å²) >= 11 is 3.53. The Morgan fingerprint density at radius 2 is 2.11 bits per heavy atom. The molecule has 1 heterocycles. The van der Waals surface area contributed by atoms with Gasteiger partial charge in [0.15, 0.2) is 0 Å². The van der Waals surface area contributed by atoms with Crippen molar-refractivity contribution in [1.29, 1.82) is 0 Å². The second-order valence-corrected chi connectivity index (χ2v) is 5.70. The van der Waals surface area contributed by atoms with Crippen LogP contribution in [0.5, 0.6) is 0 Å². The van der Waals surface area contributed by atoms with Crippen molar-refractivity contribution in [3.63, 3.8) is 0 Å². The lowest BCUT2D eigenvalue weighted by molar-refractivity contribution is 0.507. The minimum absolute atomic E-state index is 0.154. The summed E-state index contributed by atoms with van der Waals surface area (Å²) in [4.78, 5) is 4.56. The molecule has 0 spiro atoms. The molecule has 1 aromatic carbocycles. The Morgan fingerprint density at radius 1 is 1.22 bits per heavy atom. The summed E-state index contributed by atoms with van der Waals surface area (Å²) < 4.78 is 1.09. The van der Waals surface area contributed by atoms with E-state index in [2.05, 4.69) is 45.2 Å². The zero-order chi connectivity index (χ0) is 12.5. The van der Waals surface area contributed by atoms with Crippen LogP contribution in [-0.2, 0) is 6.42 Å². The van der Waals surface area contributed by atoms with Crippen LogP contribution < -0.4 is 5.73 Å². The van der Waals surface area contributed by atoms with E-state index in [1.165, 1.54) is 11.1 Å². The normalized spacial score (nSPS) is 22.6. The van der Waals surface area contributed by atoms with Crippen molar-refractivity contribution in [2.45, 2.75) is 24.8 Å². The first-order valence-corrected chi connectivity index (χ1v) is 7.00. The molecule has 0 saturated heterocycles. The van der Waals surface area contributed by atoms with Crippen LogP contribution in [0.3, 0.4) is 0 Å². The largest absolute Gasteiger partial charge is 0.327 e. The van der Waals surface area contributed by atoms with Gasteiger partial charge in [-0.2, -0.15) is 0 Å². The number of rotatable bonds is 1. The Bertz CT molecular complexity index is 568. The van der Waals surface area contributed by atoms with Gasteiger partial charge >= 0.3 is 0 Å².